The summed E-state index contributed by atoms with van der Waals surface area (Å²) in [6, 6.07) is 6.45. The molecule has 7 heteroatoms. The number of nitrogens with one attached hydrogen (secondary N) is 2. The standard InChI is InChI=1S/C16H14FN5O/c17-13-4-3-10(7-12(13)9-1-2-9)21-15(22-23)11-5-6-18-16-14(11)19-8-20-16/h3-9,23H,1-2H2,(H,21,22)(H,18,19,20). The van der Waals surface area contributed by atoms with Crippen LogP contribution >= 0.6 is 0 Å². The molecule has 23 heavy (non-hydrogen) atoms. The highest BCUT2D eigenvalue weighted by Gasteiger charge is 2.26. The molecule has 0 saturated heterocycles. The number of fused-ring (bicyclic) bond motifs is 1. The summed E-state index contributed by atoms with van der Waals surface area (Å²) < 4.78 is 13.8. The average Bonchev–Trinajstić information content (AvgIpc) is 3.30. The Balaban J connectivity index is 1.79. The summed E-state index contributed by atoms with van der Waals surface area (Å²) in [5.41, 5.74) is 5.20. The van der Waals surface area contributed by atoms with Gasteiger partial charge in [-0.2, -0.15) is 0 Å². The Labute approximate surface area is 131 Å². The Bertz CT molecular complexity index is 900. The van der Waals surface area contributed by atoms with E-state index in [1.54, 1.807) is 24.4 Å². The zero-order valence-electron chi connectivity index (χ0n) is 12.1. The Hall–Kier alpha value is -2.80. The molecule has 116 valence electrons. The first-order valence-electron chi connectivity index (χ1n) is 7.33. The lowest BCUT2D eigenvalue weighted by Gasteiger charge is -2.07. The van der Waals surface area contributed by atoms with Gasteiger partial charge in [-0.3, -0.25) is 10.7 Å². The molecule has 0 bridgehead atoms. The highest BCUT2D eigenvalue weighted by atomic mass is 19.1. The largest absolute Gasteiger partial charge is 0.343 e. The van der Waals surface area contributed by atoms with Gasteiger partial charge in [-0.1, -0.05) is 0 Å². The lowest BCUT2D eigenvalue weighted by Crippen LogP contribution is -2.20. The van der Waals surface area contributed by atoms with Crippen molar-refractivity contribution in [3.63, 3.8) is 0 Å². The van der Waals surface area contributed by atoms with Gasteiger partial charge >= 0.3 is 0 Å². The number of amidine groups is 1. The molecule has 3 aromatic rings. The third-order valence-corrected chi connectivity index (χ3v) is 3.93. The summed E-state index contributed by atoms with van der Waals surface area (Å²) in [5.74, 6) is 0.329. The molecule has 2 heterocycles. The minimum Gasteiger partial charge on any atom is -0.343 e. The first kappa shape index (κ1) is 13.8. The Morgan fingerprint density at radius 3 is 2.96 bits per heavy atom. The van der Waals surface area contributed by atoms with Crippen LogP contribution in [0.25, 0.3) is 11.2 Å². The number of aromatic nitrogens is 3. The maximum Gasteiger partial charge on any atom is 0.178 e. The van der Waals surface area contributed by atoms with E-state index < -0.39 is 0 Å². The molecule has 4 rings (SSSR count). The molecule has 2 aromatic heterocycles. The summed E-state index contributed by atoms with van der Waals surface area (Å²) >= 11 is 0. The minimum absolute atomic E-state index is 0.204. The number of H-pyrrole nitrogens is 1. The van der Waals surface area contributed by atoms with Crippen LogP contribution in [0.15, 0.2) is 41.8 Å². The van der Waals surface area contributed by atoms with Crippen LogP contribution in [0.3, 0.4) is 0 Å². The van der Waals surface area contributed by atoms with Gasteiger partial charge in [0.05, 0.1) is 17.5 Å². The van der Waals surface area contributed by atoms with Crippen LogP contribution in [0.2, 0.25) is 0 Å². The molecule has 0 spiro atoms. The second kappa shape index (κ2) is 5.44. The number of halogens is 1. The fourth-order valence-electron chi connectivity index (χ4n) is 2.63. The molecular weight excluding hydrogens is 297 g/mol. The van der Waals surface area contributed by atoms with Gasteiger partial charge in [0, 0.05) is 11.8 Å². The number of benzene rings is 1. The summed E-state index contributed by atoms with van der Waals surface area (Å²) in [4.78, 5) is 15.6. The topological polar surface area (TPSA) is 86.2 Å². The van der Waals surface area contributed by atoms with E-state index in [1.165, 1.54) is 12.4 Å². The average molecular weight is 311 g/mol. The number of nitrogens with zero attached hydrogens (tertiary/aromatic N) is 3. The van der Waals surface area contributed by atoms with Gasteiger partial charge in [0.15, 0.2) is 11.5 Å². The van der Waals surface area contributed by atoms with Crippen LogP contribution < -0.4 is 5.48 Å². The van der Waals surface area contributed by atoms with Crippen molar-refractivity contribution in [1.29, 1.82) is 0 Å². The van der Waals surface area contributed by atoms with Gasteiger partial charge in [0.1, 0.15) is 5.82 Å². The van der Waals surface area contributed by atoms with Gasteiger partial charge in [-0.25, -0.2) is 19.4 Å². The van der Waals surface area contributed by atoms with E-state index in [2.05, 4.69) is 25.4 Å². The van der Waals surface area contributed by atoms with E-state index in [0.717, 1.165) is 12.8 Å². The number of hydrogen-bond donors (Lipinski definition) is 3. The number of pyridine rings is 1. The first-order valence-corrected chi connectivity index (χ1v) is 7.33. The van der Waals surface area contributed by atoms with Crippen molar-refractivity contribution in [3.8, 4) is 0 Å². The Kier molecular flexibility index (Phi) is 3.27. The third kappa shape index (κ3) is 2.55. The van der Waals surface area contributed by atoms with Crippen molar-refractivity contribution in [3.05, 3.63) is 53.7 Å². The van der Waals surface area contributed by atoms with Gasteiger partial charge in [0.25, 0.3) is 0 Å². The zero-order valence-corrected chi connectivity index (χ0v) is 12.1. The van der Waals surface area contributed by atoms with Crippen molar-refractivity contribution in [2.24, 2.45) is 4.99 Å². The number of hydrogen-bond acceptors (Lipinski definition) is 4. The third-order valence-electron chi connectivity index (χ3n) is 3.93. The van der Waals surface area contributed by atoms with Crippen molar-refractivity contribution in [1.82, 2.24) is 20.4 Å². The Morgan fingerprint density at radius 1 is 1.30 bits per heavy atom. The number of aromatic amines is 1. The molecule has 3 N–H and O–H groups in total. The van der Waals surface area contributed by atoms with Gasteiger partial charge in [0.2, 0.25) is 0 Å². The summed E-state index contributed by atoms with van der Waals surface area (Å²) in [6.45, 7) is 0. The van der Waals surface area contributed by atoms with Gasteiger partial charge in [-0.15, -0.1) is 0 Å². The predicted molar refractivity (Wildman–Crippen MR) is 83.4 cm³/mol. The number of imidazole rings is 1. The van der Waals surface area contributed by atoms with E-state index in [-0.39, 0.29) is 17.6 Å². The van der Waals surface area contributed by atoms with Crippen LogP contribution in [0.1, 0.15) is 29.9 Å². The monoisotopic (exact) mass is 311 g/mol. The molecule has 0 radical (unpaired) electrons. The van der Waals surface area contributed by atoms with Crippen LogP contribution in [-0.4, -0.2) is 26.0 Å². The summed E-state index contributed by atoms with van der Waals surface area (Å²) in [5, 5.41) is 9.47. The molecule has 0 unspecified atom stereocenters. The SMILES string of the molecule is ONC(=Nc1ccc(F)c(C2CC2)c1)c1ccnc2nc[nH]c12. The predicted octanol–water partition coefficient (Wildman–Crippen LogP) is 3.03. The van der Waals surface area contributed by atoms with Gasteiger partial charge < -0.3 is 4.98 Å². The van der Waals surface area contributed by atoms with Crippen LogP contribution in [0, 0.1) is 5.82 Å². The number of rotatable bonds is 3. The van der Waals surface area contributed by atoms with E-state index in [0.29, 0.717) is 28.0 Å². The van der Waals surface area contributed by atoms with E-state index in [4.69, 9.17) is 0 Å². The van der Waals surface area contributed by atoms with Crippen molar-refractivity contribution in [2.45, 2.75) is 18.8 Å². The smallest absolute Gasteiger partial charge is 0.178 e. The van der Waals surface area contributed by atoms with Crippen LogP contribution in [0.4, 0.5) is 10.1 Å². The first-order chi connectivity index (χ1) is 11.3. The van der Waals surface area contributed by atoms with E-state index in [9.17, 15) is 9.60 Å². The van der Waals surface area contributed by atoms with Crippen molar-refractivity contribution < 1.29 is 9.60 Å². The van der Waals surface area contributed by atoms with Crippen LogP contribution in [-0.2, 0) is 0 Å². The van der Waals surface area contributed by atoms with Crippen molar-refractivity contribution >= 4 is 22.7 Å². The maximum atomic E-state index is 13.8. The fraction of sp³-hybridized carbons (Fsp3) is 0.188. The molecule has 1 aliphatic carbocycles. The quantitative estimate of drug-likeness (QED) is 0.394. The minimum atomic E-state index is -0.204. The molecule has 0 amide bonds. The second-order valence-electron chi connectivity index (χ2n) is 5.51. The normalized spacial score (nSPS) is 15.1. The molecule has 1 aliphatic rings. The summed E-state index contributed by atoms with van der Waals surface area (Å²) in [6.07, 6.45) is 5.13. The summed E-state index contributed by atoms with van der Waals surface area (Å²) in [7, 11) is 0. The maximum absolute atomic E-state index is 13.8. The molecule has 1 fully saturated rings. The molecule has 1 saturated carbocycles. The molecule has 0 atom stereocenters. The highest BCUT2D eigenvalue weighted by Crippen LogP contribution is 2.42. The van der Waals surface area contributed by atoms with E-state index >= 15 is 0 Å². The molecule has 1 aromatic carbocycles. The molecule has 6 nitrogen and oxygen atoms in total. The van der Waals surface area contributed by atoms with E-state index in [1.807, 2.05) is 0 Å². The van der Waals surface area contributed by atoms with Gasteiger partial charge in [-0.05, 0) is 48.6 Å². The number of aliphatic imine (C=N–C) groups is 1. The highest BCUT2D eigenvalue weighted by molar-refractivity contribution is 6.07. The molecule has 0 aliphatic heterocycles. The fourth-order valence-corrected chi connectivity index (χ4v) is 2.63. The second-order valence-corrected chi connectivity index (χ2v) is 5.51. The lowest BCUT2D eigenvalue weighted by atomic mass is 10.1. The van der Waals surface area contributed by atoms with Crippen LogP contribution in [0.5, 0.6) is 0 Å². The zero-order chi connectivity index (χ0) is 15.8. The molecular formula is C16H14FN5O. The number of hydroxylamine groups is 1. The Morgan fingerprint density at radius 2 is 2.17 bits per heavy atom. The lowest BCUT2D eigenvalue weighted by molar-refractivity contribution is 0.235. The van der Waals surface area contributed by atoms with Crippen molar-refractivity contribution in [2.75, 3.05) is 0 Å².